The van der Waals surface area contributed by atoms with Crippen molar-refractivity contribution in [2.24, 2.45) is 5.92 Å². The van der Waals surface area contributed by atoms with E-state index in [0.717, 1.165) is 42.1 Å². The van der Waals surface area contributed by atoms with Gasteiger partial charge in [-0.25, -0.2) is 0 Å². The SMILES string of the molecule is CCCNC(=O)[C@H]1CCCN(C(=O)Cc2cccc3ccccc23)C1. The third kappa shape index (κ3) is 4.19. The van der Waals surface area contributed by atoms with E-state index >= 15 is 0 Å². The van der Waals surface area contributed by atoms with Crippen LogP contribution >= 0.6 is 0 Å². The van der Waals surface area contributed by atoms with Crippen molar-refractivity contribution in [2.45, 2.75) is 32.6 Å². The summed E-state index contributed by atoms with van der Waals surface area (Å²) in [7, 11) is 0. The monoisotopic (exact) mass is 338 g/mol. The summed E-state index contributed by atoms with van der Waals surface area (Å²) in [6.45, 7) is 4.04. The van der Waals surface area contributed by atoms with Crippen LogP contribution in [0.5, 0.6) is 0 Å². The number of nitrogens with one attached hydrogen (secondary N) is 1. The van der Waals surface area contributed by atoms with Gasteiger partial charge in [0.25, 0.3) is 0 Å². The minimum absolute atomic E-state index is 0.0724. The van der Waals surface area contributed by atoms with E-state index in [-0.39, 0.29) is 17.7 Å². The molecule has 1 aliphatic rings. The molecule has 0 spiro atoms. The third-order valence-electron chi connectivity index (χ3n) is 4.92. The standard InChI is InChI=1S/C21H26N2O2/c1-2-12-22-21(25)18-10-6-13-23(15-18)20(24)14-17-9-5-8-16-7-3-4-11-19(16)17/h3-5,7-9,11,18H,2,6,10,12-15H2,1H3,(H,22,25)/t18-/m0/s1. The van der Waals surface area contributed by atoms with Gasteiger partial charge in [0.15, 0.2) is 0 Å². The molecule has 0 bridgehead atoms. The molecular formula is C21H26N2O2. The van der Waals surface area contributed by atoms with Gasteiger partial charge in [-0.3, -0.25) is 9.59 Å². The number of hydrogen-bond acceptors (Lipinski definition) is 2. The molecule has 2 aromatic rings. The molecule has 1 atom stereocenters. The summed E-state index contributed by atoms with van der Waals surface area (Å²) in [5.41, 5.74) is 1.06. The lowest BCUT2D eigenvalue weighted by Gasteiger charge is -2.32. The van der Waals surface area contributed by atoms with E-state index in [0.29, 0.717) is 19.5 Å². The molecule has 0 aliphatic carbocycles. The van der Waals surface area contributed by atoms with Crippen molar-refractivity contribution in [2.75, 3.05) is 19.6 Å². The Hall–Kier alpha value is -2.36. The van der Waals surface area contributed by atoms with Crippen molar-refractivity contribution in [3.8, 4) is 0 Å². The average Bonchev–Trinajstić information content (AvgIpc) is 2.66. The highest BCUT2D eigenvalue weighted by Gasteiger charge is 2.28. The lowest BCUT2D eigenvalue weighted by molar-refractivity contribution is -0.135. The summed E-state index contributed by atoms with van der Waals surface area (Å²) in [4.78, 5) is 26.9. The van der Waals surface area contributed by atoms with Gasteiger partial charge in [-0.05, 0) is 35.6 Å². The van der Waals surface area contributed by atoms with Gasteiger partial charge in [-0.2, -0.15) is 0 Å². The van der Waals surface area contributed by atoms with Crippen molar-refractivity contribution in [1.82, 2.24) is 10.2 Å². The molecule has 132 valence electrons. The summed E-state index contributed by atoms with van der Waals surface area (Å²) in [6, 6.07) is 14.2. The fraction of sp³-hybridized carbons (Fsp3) is 0.429. The highest BCUT2D eigenvalue weighted by Crippen LogP contribution is 2.22. The maximum atomic E-state index is 12.8. The van der Waals surface area contributed by atoms with E-state index in [2.05, 4.69) is 23.5 Å². The predicted octanol–water partition coefficient (Wildman–Crippen LogP) is 3.15. The molecule has 2 aromatic carbocycles. The highest BCUT2D eigenvalue weighted by molar-refractivity contribution is 5.90. The molecule has 1 fully saturated rings. The predicted molar refractivity (Wildman–Crippen MR) is 100 cm³/mol. The maximum absolute atomic E-state index is 12.8. The van der Waals surface area contributed by atoms with Gasteiger partial charge in [-0.15, -0.1) is 0 Å². The summed E-state index contributed by atoms with van der Waals surface area (Å²) in [5.74, 6) is 0.130. The van der Waals surface area contributed by atoms with Crippen LogP contribution in [0.1, 0.15) is 31.7 Å². The molecule has 1 saturated heterocycles. The summed E-state index contributed by atoms with van der Waals surface area (Å²) in [6.07, 6.45) is 3.09. The number of carbonyl (C=O) groups excluding carboxylic acids is 2. The second-order valence-electron chi connectivity index (χ2n) is 6.78. The van der Waals surface area contributed by atoms with Gasteiger partial charge >= 0.3 is 0 Å². The number of piperidine rings is 1. The molecule has 1 heterocycles. The number of fused-ring (bicyclic) bond motifs is 1. The molecule has 0 unspecified atom stereocenters. The number of likely N-dealkylation sites (tertiary alicyclic amines) is 1. The fourth-order valence-electron chi connectivity index (χ4n) is 3.53. The minimum Gasteiger partial charge on any atom is -0.356 e. The van der Waals surface area contributed by atoms with Crippen molar-refractivity contribution < 1.29 is 9.59 Å². The zero-order valence-corrected chi connectivity index (χ0v) is 14.8. The van der Waals surface area contributed by atoms with E-state index in [1.54, 1.807) is 0 Å². The normalized spacial score (nSPS) is 17.5. The fourth-order valence-corrected chi connectivity index (χ4v) is 3.53. The Morgan fingerprint density at radius 2 is 1.96 bits per heavy atom. The molecular weight excluding hydrogens is 312 g/mol. The molecule has 0 radical (unpaired) electrons. The average molecular weight is 338 g/mol. The zero-order valence-electron chi connectivity index (χ0n) is 14.8. The van der Waals surface area contributed by atoms with E-state index < -0.39 is 0 Å². The Balaban J connectivity index is 1.67. The maximum Gasteiger partial charge on any atom is 0.227 e. The topological polar surface area (TPSA) is 49.4 Å². The molecule has 3 rings (SSSR count). The Kier molecular flexibility index (Phi) is 5.69. The van der Waals surface area contributed by atoms with E-state index in [1.165, 1.54) is 0 Å². The molecule has 4 nitrogen and oxygen atoms in total. The van der Waals surface area contributed by atoms with Gasteiger partial charge < -0.3 is 10.2 Å². The first kappa shape index (κ1) is 17.5. The van der Waals surface area contributed by atoms with Crippen molar-refractivity contribution in [1.29, 1.82) is 0 Å². The second-order valence-corrected chi connectivity index (χ2v) is 6.78. The van der Waals surface area contributed by atoms with Crippen molar-refractivity contribution in [3.05, 3.63) is 48.0 Å². The molecule has 4 heteroatoms. The van der Waals surface area contributed by atoms with Crippen LogP contribution in [0, 0.1) is 5.92 Å². The van der Waals surface area contributed by atoms with Gasteiger partial charge in [0, 0.05) is 19.6 Å². The van der Waals surface area contributed by atoms with E-state index in [9.17, 15) is 9.59 Å². The van der Waals surface area contributed by atoms with Gasteiger partial charge in [-0.1, -0.05) is 49.4 Å². The van der Waals surface area contributed by atoms with Gasteiger partial charge in [0.2, 0.25) is 11.8 Å². The summed E-state index contributed by atoms with van der Waals surface area (Å²) >= 11 is 0. The van der Waals surface area contributed by atoms with Crippen LogP contribution in [0.2, 0.25) is 0 Å². The van der Waals surface area contributed by atoms with Crippen LogP contribution in [0.3, 0.4) is 0 Å². The van der Waals surface area contributed by atoms with Gasteiger partial charge in [0.05, 0.1) is 12.3 Å². The first-order valence-corrected chi connectivity index (χ1v) is 9.21. The number of nitrogens with zero attached hydrogens (tertiary/aromatic N) is 1. The van der Waals surface area contributed by atoms with Crippen molar-refractivity contribution in [3.63, 3.8) is 0 Å². The Morgan fingerprint density at radius 3 is 2.80 bits per heavy atom. The molecule has 2 amide bonds. The van der Waals surface area contributed by atoms with E-state index in [4.69, 9.17) is 0 Å². The largest absolute Gasteiger partial charge is 0.356 e. The number of amides is 2. The van der Waals surface area contributed by atoms with Crippen LogP contribution in [0.25, 0.3) is 10.8 Å². The highest BCUT2D eigenvalue weighted by atomic mass is 16.2. The molecule has 0 saturated carbocycles. The lowest BCUT2D eigenvalue weighted by atomic mass is 9.96. The van der Waals surface area contributed by atoms with E-state index in [1.807, 2.05) is 36.1 Å². The van der Waals surface area contributed by atoms with Crippen LogP contribution in [-0.2, 0) is 16.0 Å². The molecule has 1 aliphatic heterocycles. The first-order chi connectivity index (χ1) is 12.2. The van der Waals surface area contributed by atoms with Crippen LogP contribution in [0.15, 0.2) is 42.5 Å². The van der Waals surface area contributed by atoms with Crippen LogP contribution in [-0.4, -0.2) is 36.3 Å². The minimum atomic E-state index is -0.0724. The zero-order chi connectivity index (χ0) is 17.6. The first-order valence-electron chi connectivity index (χ1n) is 9.21. The number of hydrogen-bond donors (Lipinski definition) is 1. The second kappa shape index (κ2) is 8.15. The number of carbonyl (C=O) groups is 2. The van der Waals surface area contributed by atoms with Crippen molar-refractivity contribution >= 4 is 22.6 Å². The summed E-state index contributed by atoms with van der Waals surface area (Å²) < 4.78 is 0. The lowest BCUT2D eigenvalue weighted by Crippen LogP contribution is -2.46. The van der Waals surface area contributed by atoms with Gasteiger partial charge in [0.1, 0.15) is 0 Å². The third-order valence-corrected chi connectivity index (χ3v) is 4.92. The quantitative estimate of drug-likeness (QED) is 0.910. The van der Waals surface area contributed by atoms with Crippen LogP contribution < -0.4 is 5.32 Å². The smallest absolute Gasteiger partial charge is 0.227 e. The number of benzene rings is 2. The van der Waals surface area contributed by atoms with Crippen LogP contribution in [0.4, 0.5) is 0 Å². The Bertz CT molecular complexity index is 751. The summed E-state index contributed by atoms with van der Waals surface area (Å²) in [5, 5.41) is 5.25. The molecule has 25 heavy (non-hydrogen) atoms. The Morgan fingerprint density at radius 1 is 1.16 bits per heavy atom. The number of rotatable bonds is 5. The molecule has 1 N–H and O–H groups in total. The molecule has 0 aromatic heterocycles. The Labute approximate surface area is 149 Å².